The molecule has 1 fully saturated rings. The Morgan fingerprint density at radius 1 is 1.24 bits per heavy atom. The van der Waals surface area contributed by atoms with Crippen molar-refractivity contribution in [1.29, 1.82) is 5.26 Å². The Hall–Kier alpha value is -3.70. The number of ether oxygens (including phenoxy) is 1. The monoisotopic (exact) mass is 385 g/mol. The van der Waals surface area contributed by atoms with Gasteiger partial charge in [-0.3, -0.25) is 4.40 Å². The lowest BCUT2D eigenvalue weighted by atomic mass is 10.0. The number of aromatic nitrogens is 5. The van der Waals surface area contributed by atoms with Gasteiger partial charge in [-0.05, 0) is 42.7 Å². The number of benzene rings is 1. The SMILES string of the molecule is Cn1nc(C2CC2)cc1Oc1cc(C#N)ccc1-c1cc(CN)cn2cnnc12. The average molecular weight is 385 g/mol. The van der Waals surface area contributed by atoms with E-state index in [0.29, 0.717) is 35.3 Å². The van der Waals surface area contributed by atoms with Crippen LogP contribution in [0.1, 0.15) is 35.6 Å². The van der Waals surface area contributed by atoms with Crippen LogP contribution in [-0.4, -0.2) is 24.4 Å². The van der Waals surface area contributed by atoms with Gasteiger partial charge in [0.15, 0.2) is 5.65 Å². The van der Waals surface area contributed by atoms with Crippen LogP contribution in [0.4, 0.5) is 0 Å². The minimum absolute atomic E-state index is 0.389. The van der Waals surface area contributed by atoms with Crippen molar-refractivity contribution in [2.24, 2.45) is 12.8 Å². The first-order valence-electron chi connectivity index (χ1n) is 9.45. The highest BCUT2D eigenvalue weighted by atomic mass is 16.5. The van der Waals surface area contributed by atoms with E-state index in [1.807, 2.05) is 35.8 Å². The molecular formula is C21H19N7O. The normalized spacial score (nSPS) is 13.6. The fraction of sp³-hybridized carbons (Fsp3) is 0.238. The van der Waals surface area contributed by atoms with Gasteiger partial charge in [-0.1, -0.05) is 0 Å². The zero-order valence-corrected chi connectivity index (χ0v) is 15.9. The first-order chi connectivity index (χ1) is 14.2. The molecule has 0 unspecified atom stereocenters. The molecule has 2 N–H and O–H groups in total. The molecule has 0 saturated heterocycles. The zero-order chi connectivity index (χ0) is 20.0. The third-order valence-electron chi connectivity index (χ3n) is 5.15. The summed E-state index contributed by atoms with van der Waals surface area (Å²) in [5, 5.41) is 22.2. The van der Waals surface area contributed by atoms with Gasteiger partial charge in [0.2, 0.25) is 5.88 Å². The first-order valence-corrected chi connectivity index (χ1v) is 9.45. The Bertz CT molecular complexity index is 1260. The molecule has 0 amide bonds. The predicted octanol–water partition coefficient (Wildman–Crippen LogP) is 3.13. The van der Waals surface area contributed by atoms with E-state index in [2.05, 4.69) is 21.4 Å². The van der Waals surface area contributed by atoms with Crippen LogP contribution >= 0.6 is 0 Å². The summed E-state index contributed by atoms with van der Waals surface area (Å²) in [6.07, 6.45) is 5.89. The average Bonchev–Trinajstić information content (AvgIpc) is 3.37. The number of rotatable bonds is 5. The van der Waals surface area contributed by atoms with Crippen LogP contribution in [-0.2, 0) is 13.6 Å². The Labute approximate surface area is 167 Å². The largest absolute Gasteiger partial charge is 0.439 e. The predicted molar refractivity (Wildman–Crippen MR) is 106 cm³/mol. The van der Waals surface area contributed by atoms with Gasteiger partial charge in [0.05, 0.1) is 17.3 Å². The van der Waals surface area contributed by atoms with Gasteiger partial charge >= 0.3 is 0 Å². The summed E-state index contributed by atoms with van der Waals surface area (Å²) in [5.74, 6) is 1.73. The van der Waals surface area contributed by atoms with Crippen molar-refractivity contribution in [2.75, 3.05) is 0 Å². The number of hydrogen-bond acceptors (Lipinski definition) is 6. The maximum atomic E-state index is 9.38. The van der Waals surface area contributed by atoms with Gasteiger partial charge in [0, 0.05) is 42.9 Å². The second-order valence-electron chi connectivity index (χ2n) is 7.26. The number of nitrogens with two attached hydrogens (primary N) is 1. The highest BCUT2D eigenvalue weighted by Gasteiger charge is 2.27. The number of fused-ring (bicyclic) bond motifs is 1. The third-order valence-corrected chi connectivity index (χ3v) is 5.15. The molecule has 3 aromatic heterocycles. The minimum Gasteiger partial charge on any atom is -0.439 e. The van der Waals surface area contributed by atoms with E-state index in [0.717, 1.165) is 22.4 Å². The molecule has 0 aliphatic heterocycles. The van der Waals surface area contributed by atoms with Crippen molar-refractivity contribution in [3.63, 3.8) is 0 Å². The van der Waals surface area contributed by atoms with Gasteiger partial charge < -0.3 is 10.5 Å². The highest BCUT2D eigenvalue weighted by molar-refractivity contribution is 5.82. The highest BCUT2D eigenvalue weighted by Crippen LogP contribution is 2.42. The smallest absolute Gasteiger partial charge is 0.217 e. The van der Waals surface area contributed by atoms with Crippen LogP contribution in [0.15, 0.2) is 42.9 Å². The van der Waals surface area contributed by atoms with E-state index in [1.54, 1.807) is 23.1 Å². The van der Waals surface area contributed by atoms with Crippen molar-refractivity contribution in [3.8, 4) is 28.8 Å². The molecule has 5 rings (SSSR count). The Kier molecular flexibility index (Phi) is 4.03. The fourth-order valence-corrected chi connectivity index (χ4v) is 3.46. The first kappa shape index (κ1) is 17.4. The maximum Gasteiger partial charge on any atom is 0.217 e. The standard InChI is InChI=1S/C21H19N7O/c1-27-20(8-18(26-27)15-3-4-15)29-19-7-13(9-22)2-5-16(19)17-6-14(10-23)11-28-12-24-25-21(17)28/h2,5-8,11-12,15H,3-4,10,23H2,1H3. The number of hydrogen-bond donors (Lipinski definition) is 1. The molecule has 1 aromatic carbocycles. The Morgan fingerprint density at radius 3 is 2.86 bits per heavy atom. The van der Waals surface area contributed by atoms with Crippen LogP contribution < -0.4 is 10.5 Å². The van der Waals surface area contributed by atoms with Crippen molar-refractivity contribution >= 4 is 5.65 Å². The van der Waals surface area contributed by atoms with E-state index < -0.39 is 0 Å². The van der Waals surface area contributed by atoms with Gasteiger partial charge in [-0.15, -0.1) is 10.2 Å². The van der Waals surface area contributed by atoms with Gasteiger partial charge in [-0.25, -0.2) is 4.68 Å². The summed E-state index contributed by atoms with van der Waals surface area (Å²) in [6, 6.07) is 11.5. The molecule has 1 aliphatic rings. The van der Waals surface area contributed by atoms with Crippen molar-refractivity contribution in [1.82, 2.24) is 24.4 Å². The van der Waals surface area contributed by atoms with Gasteiger partial charge in [0.1, 0.15) is 12.1 Å². The number of nitriles is 1. The van der Waals surface area contributed by atoms with E-state index in [9.17, 15) is 5.26 Å². The van der Waals surface area contributed by atoms with Gasteiger partial charge in [0.25, 0.3) is 0 Å². The van der Waals surface area contributed by atoms with Crippen molar-refractivity contribution < 1.29 is 4.74 Å². The zero-order valence-electron chi connectivity index (χ0n) is 15.9. The van der Waals surface area contributed by atoms with E-state index in [1.165, 1.54) is 12.8 Å². The van der Waals surface area contributed by atoms with Crippen LogP contribution in [0.2, 0.25) is 0 Å². The number of nitrogens with zero attached hydrogens (tertiary/aromatic N) is 6. The number of aryl methyl sites for hydroxylation is 1. The summed E-state index contributed by atoms with van der Waals surface area (Å²) in [5.41, 5.74) is 10.7. The molecule has 8 heteroatoms. The van der Waals surface area contributed by atoms with E-state index >= 15 is 0 Å². The molecule has 1 saturated carbocycles. The summed E-state index contributed by atoms with van der Waals surface area (Å²) in [7, 11) is 1.86. The number of pyridine rings is 1. The van der Waals surface area contributed by atoms with Crippen LogP contribution in [0, 0.1) is 11.3 Å². The summed E-state index contributed by atoms with van der Waals surface area (Å²) >= 11 is 0. The molecule has 29 heavy (non-hydrogen) atoms. The lowest BCUT2D eigenvalue weighted by molar-refractivity contribution is 0.432. The van der Waals surface area contributed by atoms with Crippen molar-refractivity contribution in [2.45, 2.75) is 25.3 Å². The van der Waals surface area contributed by atoms with Crippen LogP contribution in [0.3, 0.4) is 0 Å². The second kappa shape index (κ2) is 6.72. The summed E-state index contributed by atoms with van der Waals surface area (Å²) in [6.45, 7) is 0.389. The third kappa shape index (κ3) is 3.11. The molecule has 144 valence electrons. The fourth-order valence-electron chi connectivity index (χ4n) is 3.46. The topological polar surface area (TPSA) is 107 Å². The summed E-state index contributed by atoms with van der Waals surface area (Å²) < 4.78 is 9.83. The van der Waals surface area contributed by atoms with E-state index in [4.69, 9.17) is 10.5 Å². The molecule has 3 heterocycles. The lowest BCUT2D eigenvalue weighted by Gasteiger charge is -2.13. The van der Waals surface area contributed by atoms with Crippen molar-refractivity contribution in [3.05, 3.63) is 59.7 Å². The molecule has 1 aliphatic carbocycles. The molecular weight excluding hydrogens is 366 g/mol. The Balaban J connectivity index is 1.65. The quantitative estimate of drug-likeness (QED) is 0.565. The van der Waals surface area contributed by atoms with Crippen LogP contribution in [0.5, 0.6) is 11.6 Å². The molecule has 0 bridgehead atoms. The molecule has 4 aromatic rings. The molecule has 0 radical (unpaired) electrons. The second-order valence-corrected chi connectivity index (χ2v) is 7.26. The molecule has 0 spiro atoms. The lowest BCUT2D eigenvalue weighted by Crippen LogP contribution is -2.01. The Morgan fingerprint density at radius 2 is 2.10 bits per heavy atom. The van der Waals surface area contributed by atoms with E-state index in [-0.39, 0.29) is 0 Å². The maximum absolute atomic E-state index is 9.38. The van der Waals surface area contributed by atoms with Crippen LogP contribution in [0.25, 0.3) is 16.8 Å². The summed E-state index contributed by atoms with van der Waals surface area (Å²) in [4.78, 5) is 0. The minimum atomic E-state index is 0.389. The molecule has 0 atom stereocenters. The van der Waals surface area contributed by atoms with Gasteiger partial charge in [-0.2, -0.15) is 10.4 Å². The molecule has 8 nitrogen and oxygen atoms in total.